The molecule has 0 aromatic heterocycles. The molecule has 1 atom stereocenters. The van der Waals surface area contributed by atoms with Crippen molar-refractivity contribution in [1.29, 1.82) is 0 Å². The molecular formula is C15H21N3O5S. The number of hydrogen-bond donors (Lipinski definition) is 2. The third-order valence-corrected chi connectivity index (χ3v) is 5.36. The van der Waals surface area contributed by atoms with E-state index in [4.69, 9.17) is 10.5 Å². The van der Waals surface area contributed by atoms with Gasteiger partial charge >= 0.3 is 0 Å². The summed E-state index contributed by atoms with van der Waals surface area (Å²) in [6.07, 6.45) is -0.902. The summed E-state index contributed by atoms with van der Waals surface area (Å²) in [5.74, 6) is -0.782. The first-order valence-electron chi connectivity index (χ1n) is 7.53. The van der Waals surface area contributed by atoms with Crippen molar-refractivity contribution in [3.05, 3.63) is 24.3 Å². The van der Waals surface area contributed by atoms with E-state index >= 15 is 0 Å². The minimum Gasteiger partial charge on any atom is -0.477 e. The zero-order valence-electron chi connectivity index (χ0n) is 13.4. The van der Waals surface area contributed by atoms with Gasteiger partial charge in [-0.1, -0.05) is 12.1 Å². The zero-order valence-corrected chi connectivity index (χ0v) is 14.2. The van der Waals surface area contributed by atoms with E-state index in [1.54, 1.807) is 17.0 Å². The van der Waals surface area contributed by atoms with Gasteiger partial charge in [0.15, 0.2) is 15.9 Å². The molecule has 3 N–H and O–H groups in total. The maximum Gasteiger partial charge on any atom is 0.262 e. The molecule has 0 spiro atoms. The van der Waals surface area contributed by atoms with Crippen LogP contribution in [0.1, 0.15) is 6.42 Å². The van der Waals surface area contributed by atoms with Crippen LogP contribution in [0, 0.1) is 0 Å². The number of likely N-dealkylation sites (N-methyl/N-ethyl adjacent to an activating group) is 1. The van der Waals surface area contributed by atoms with Crippen LogP contribution in [-0.4, -0.2) is 58.0 Å². The van der Waals surface area contributed by atoms with Gasteiger partial charge in [0.05, 0.1) is 23.7 Å². The molecule has 1 heterocycles. The number of fused-ring (bicyclic) bond motifs is 1. The number of primary amides is 1. The predicted molar refractivity (Wildman–Crippen MR) is 89.6 cm³/mol. The predicted octanol–water partition coefficient (Wildman–Crippen LogP) is -0.710. The van der Waals surface area contributed by atoms with Crippen LogP contribution in [0.25, 0.3) is 0 Å². The van der Waals surface area contributed by atoms with E-state index in [0.29, 0.717) is 5.75 Å². The Balaban J connectivity index is 2.10. The number of nitrogens with zero attached hydrogens (tertiary/aromatic N) is 1. The first-order valence-corrected chi connectivity index (χ1v) is 9.35. The van der Waals surface area contributed by atoms with Crippen molar-refractivity contribution in [3.63, 3.8) is 0 Å². The number of carbonyl (C=O) groups is 2. The Hall–Kier alpha value is -2.29. The van der Waals surface area contributed by atoms with Gasteiger partial charge in [-0.05, 0) is 12.1 Å². The maximum absolute atomic E-state index is 12.0. The normalized spacial score (nSPS) is 16.9. The largest absolute Gasteiger partial charge is 0.477 e. The van der Waals surface area contributed by atoms with Crippen LogP contribution in [0.2, 0.25) is 0 Å². The number of nitrogens with two attached hydrogens (primary N) is 1. The fourth-order valence-corrected chi connectivity index (χ4v) is 3.64. The number of hydrogen-bond acceptors (Lipinski definition) is 6. The summed E-state index contributed by atoms with van der Waals surface area (Å²) in [4.78, 5) is 24.4. The maximum atomic E-state index is 12.0. The number of ether oxygens (including phenoxy) is 1. The molecular weight excluding hydrogens is 334 g/mol. The molecule has 1 aliphatic heterocycles. The second-order valence-corrected chi connectivity index (χ2v) is 7.81. The minimum atomic E-state index is -3.41. The summed E-state index contributed by atoms with van der Waals surface area (Å²) in [7, 11) is -1.89. The monoisotopic (exact) mass is 355 g/mol. The third-order valence-electron chi connectivity index (χ3n) is 3.73. The molecule has 0 unspecified atom stereocenters. The van der Waals surface area contributed by atoms with Gasteiger partial charge in [-0.25, -0.2) is 8.42 Å². The second-order valence-electron chi connectivity index (χ2n) is 5.50. The number of carbonyl (C=O) groups excluding carboxylic acids is 2. The number of benzene rings is 1. The van der Waals surface area contributed by atoms with E-state index in [9.17, 15) is 18.0 Å². The van der Waals surface area contributed by atoms with Gasteiger partial charge in [-0.15, -0.1) is 0 Å². The molecule has 2 amide bonds. The average molecular weight is 355 g/mol. The molecule has 132 valence electrons. The van der Waals surface area contributed by atoms with Crippen molar-refractivity contribution in [1.82, 2.24) is 5.32 Å². The number of para-hydroxylation sites is 2. The highest BCUT2D eigenvalue weighted by Gasteiger charge is 2.30. The van der Waals surface area contributed by atoms with E-state index in [0.717, 1.165) is 5.69 Å². The molecule has 0 saturated carbocycles. The third kappa shape index (κ3) is 4.60. The Kier molecular flexibility index (Phi) is 5.66. The van der Waals surface area contributed by atoms with Crippen molar-refractivity contribution in [3.8, 4) is 5.75 Å². The van der Waals surface area contributed by atoms with Gasteiger partial charge in [0.25, 0.3) is 5.91 Å². The fraction of sp³-hybridized carbons (Fsp3) is 0.467. The highest BCUT2D eigenvalue weighted by molar-refractivity contribution is 7.91. The quantitative estimate of drug-likeness (QED) is 0.667. The highest BCUT2D eigenvalue weighted by Crippen LogP contribution is 2.32. The van der Waals surface area contributed by atoms with E-state index in [1.165, 1.54) is 7.05 Å². The second kappa shape index (κ2) is 7.52. The summed E-state index contributed by atoms with van der Waals surface area (Å²) in [6, 6.07) is 7.15. The van der Waals surface area contributed by atoms with Crippen molar-refractivity contribution in [2.75, 3.05) is 36.5 Å². The first-order chi connectivity index (χ1) is 11.3. The Morgan fingerprint density at radius 1 is 1.33 bits per heavy atom. The van der Waals surface area contributed by atoms with Gasteiger partial charge in [0.1, 0.15) is 5.75 Å². The number of amides is 2. The van der Waals surface area contributed by atoms with Crippen molar-refractivity contribution >= 4 is 27.3 Å². The Morgan fingerprint density at radius 2 is 2.04 bits per heavy atom. The smallest absolute Gasteiger partial charge is 0.262 e. The van der Waals surface area contributed by atoms with Crippen LogP contribution in [0.5, 0.6) is 5.75 Å². The summed E-state index contributed by atoms with van der Waals surface area (Å²) in [6.45, 7) is 0.455. The van der Waals surface area contributed by atoms with Gasteiger partial charge in [0, 0.05) is 20.0 Å². The van der Waals surface area contributed by atoms with E-state index in [-0.39, 0.29) is 36.9 Å². The van der Waals surface area contributed by atoms with Gasteiger partial charge < -0.3 is 20.7 Å². The van der Waals surface area contributed by atoms with Crippen LogP contribution in [0.3, 0.4) is 0 Å². The molecule has 0 saturated heterocycles. The van der Waals surface area contributed by atoms with Crippen molar-refractivity contribution < 1.29 is 22.7 Å². The molecule has 9 heteroatoms. The molecule has 1 aromatic rings. The van der Waals surface area contributed by atoms with Crippen LogP contribution in [0.15, 0.2) is 24.3 Å². The summed E-state index contributed by atoms with van der Waals surface area (Å²) < 4.78 is 29.7. The molecule has 2 rings (SSSR count). The van der Waals surface area contributed by atoms with Crippen molar-refractivity contribution in [2.24, 2.45) is 5.73 Å². The number of anilines is 1. The van der Waals surface area contributed by atoms with E-state index < -0.39 is 21.8 Å². The average Bonchev–Trinajstić information content (AvgIpc) is 2.57. The molecule has 1 aromatic carbocycles. The molecule has 1 aliphatic rings. The van der Waals surface area contributed by atoms with Gasteiger partial charge in [-0.3, -0.25) is 9.59 Å². The molecule has 0 radical (unpaired) electrons. The molecule has 0 fully saturated rings. The lowest BCUT2D eigenvalue weighted by atomic mass is 10.2. The molecule has 24 heavy (non-hydrogen) atoms. The number of nitrogens with one attached hydrogen (secondary N) is 1. The summed E-state index contributed by atoms with van der Waals surface area (Å²) in [5.41, 5.74) is 5.73. The number of rotatable bonds is 7. The van der Waals surface area contributed by atoms with Gasteiger partial charge in [0.2, 0.25) is 5.91 Å². The highest BCUT2D eigenvalue weighted by atomic mass is 32.2. The molecule has 0 aliphatic carbocycles. The van der Waals surface area contributed by atoms with Crippen LogP contribution in [-0.2, 0) is 19.4 Å². The number of sulfone groups is 1. The molecule has 0 bridgehead atoms. The zero-order chi connectivity index (χ0) is 17.7. The lowest BCUT2D eigenvalue weighted by molar-refractivity contribution is -0.127. The Morgan fingerprint density at radius 3 is 2.71 bits per heavy atom. The standard InChI is InChI=1S/C15H21N3O5S/c1-17-15(20)13-10-18(11-4-2-3-5-12(11)23-13)7-9-24(21,22)8-6-14(16)19/h2-5,13H,6-10H2,1H3,(H2,16,19)(H,17,20)/t13-/m1/s1. The van der Waals surface area contributed by atoms with Gasteiger partial charge in [-0.2, -0.15) is 0 Å². The van der Waals surface area contributed by atoms with Crippen LogP contribution in [0.4, 0.5) is 5.69 Å². The SMILES string of the molecule is CNC(=O)[C@H]1CN(CCS(=O)(=O)CCC(N)=O)c2ccccc2O1. The lowest BCUT2D eigenvalue weighted by Crippen LogP contribution is -2.49. The fourth-order valence-electron chi connectivity index (χ4n) is 2.42. The van der Waals surface area contributed by atoms with Crippen LogP contribution < -0.4 is 20.7 Å². The van der Waals surface area contributed by atoms with E-state index in [2.05, 4.69) is 5.32 Å². The van der Waals surface area contributed by atoms with E-state index in [1.807, 2.05) is 12.1 Å². The first kappa shape index (κ1) is 18.1. The Bertz CT molecular complexity index is 720. The van der Waals surface area contributed by atoms with Crippen LogP contribution >= 0.6 is 0 Å². The summed E-state index contributed by atoms with van der Waals surface area (Å²) >= 11 is 0. The minimum absolute atomic E-state index is 0.130. The topological polar surface area (TPSA) is 119 Å². The van der Waals surface area contributed by atoms with Crippen molar-refractivity contribution in [2.45, 2.75) is 12.5 Å². The molecule has 8 nitrogen and oxygen atoms in total. The lowest BCUT2D eigenvalue weighted by Gasteiger charge is -2.35. The Labute approximate surface area is 140 Å². The summed E-state index contributed by atoms with van der Waals surface area (Å²) in [5, 5.41) is 2.53.